The van der Waals surface area contributed by atoms with Gasteiger partial charge in [0.05, 0.1) is 17.2 Å². The molecule has 1 aromatic rings. The van der Waals surface area contributed by atoms with Gasteiger partial charge in [0.2, 0.25) is 0 Å². The van der Waals surface area contributed by atoms with Gasteiger partial charge in [0.25, 0.3) is 5.24 Å². The summed E-state index contributed by atoms with van der Waals surface area (Å²) >= 11 is 6.49. The maximum Gasteiger partial charge on any atom is 0.311 e. The monoisotopic (exact) mass is 261 g/mol. The van der Waals surface area contributed by atoms with Crippen LogP contribution in [0, 0.1) is 0 Å². The number of aliphatic carboxylic acids is 1. The molecule has 0 bridgehead atoms. The van der Waals surface area contributed by atoms with Crippen LogP contribution in [0.15, 0.2) is 5.38 Å². The summed E-state index contributed by atoms with van der Waals surface area (Å²) in [6, 6.07) is 0. The molecular formula is C10H12ClNO3S. The number of carbonyl (C=O) groups excluding carboxylic acids is 1. The second-order valence-electron chi connectivity index (χ2n) is 3.38. The van der Waals surface area contributed by atoms with E-state index in [9.17, 15) is 9.59 Å². The highest BCUT2D eigenvalue weighted by Gasteiger charge is 2.25. The van der Waals surface area contributed by atoms with E-state index < -0.39 is 17.1 Å². The van der Waals surface area contributed by atoms with E-state index in [1.807, 2.05) is 6.92 Å². The molecule has 88 valence electrons. The predicted molar refractivity (Wildman–Crippen MR) is 64.2 cm³/mol. The summed E-state index contributed by atoms with van der Waals surface area (Å²) in [6.45, 7) is 1.90. The lowest BCUT2D eigenvalue weighted by molar-refractivity contribution is -0.138. The molecule has 0 spiro atoms. The van der Waals surface area contributed by atoms with Crippen LogP contribution in [0.1, 0.15) is 40.9 Å². The highest BCUT2D eigenvalue weighted by atomic mass is 35.5. The van der Waals surface area contributed by atoms with Gasteiger partial charge in [-0.15, -0.1) is 11.3 Å². The summed E-state index contributed by atoms with van der Waals surface area (Å²) in [5, 5.41) is 9.92. The van der Waals surface area contributed by atoms with Gasteiger partial charge in [-0.3, -0.25) is 9.59 Å². The zero-order valence-corrected chi connectivity index (χ0v) is 10.3. The topological polar surface area (TPSA) is 80.4 Å². The average Bonchev–Trinajstić information content (AvgIpc) is 2.56. The van der Waals surface area contributed by atoms with Crippen LogP contribution in [-0.4, -0.2) is 16.3 Å². The fourth-order valence-electron chi connectivity index (χ4n) is 1.46. The van der Waals surface area contributed by atoms with Crippen molar-refractivity contribution in [3.8, 4) is 0 Å². The molecule has 0 aliphatic carbocycles. The Bertz CT molecular complexity index is 416. The third-order valence-electron chi connectivity index (χ3n) is 2.26. The average molecular weight is 262 g/mol. The van der Waals surface area contributed by atoms with Crippen molar-refractivity contribution in [1.29, 1.82) is 0 Å². The van der Waals surface area contributed by atoms with E-state index in [-0.39, 0.29) is 11.3 Å². The van der Waals surface area contributed by atoms with Crippen molar-refractivity contribution >= 4 is 39.8 Å². The van der Waals surface area contributed by atoms with Gasteiger partial charge in [0.1, 0.15) is 0 Å². The molecule has 1 atom stereocenters. The van der Waals surface area contributed by atoms with Crippen molar-refractivity contribution < 1.29 is 14.7 Å². The van der Waals surface area contributed by atoms with Gasteiger partial charge < -0.3 is 10.8 Å². The first-order chi connectivity index (χ1) is 7.49. The Hall–Kier alpha value is -1.07. The van der Waals surface area contributed by atoms with E-state index in [2.05, 4.69) is 0 Å². The van der Waals surface area contributed by atoms with Gasteiger partial charge in [-0.2, -0.15) is 0 Å². The third-order valence-corrected chi connectivity index (χ3v) is 3.58. The molecule has 0 aromatic carbocycles. The molecule has 1 heterocycles. The molecule has 0 fully saturated rings. The van der Waals surface area contributed by atoms with Gasteiger partial charge in [-0.1, -0.05) is 13.3 Å². The van der Waals surface area contributed by atoms with E-state index in [1.54, 1.807) is 0 Å². The number of hydrogen-bond donors (Lipinski definition) is 2. The molecule has 4 nitrogen and oxygen atoms in total. The van der Waals surface area contributed by atoms with Crippen LogP contribution in [0.2, 0.25) is 0 Å². The summed E-state index contributed by atoms with van der Waals surface area (Å²) in [7, 11) is 0. The summed E-state index contributed by atoms with van der Waals surface area (Å²) in [4.78, 5) is 22.5. The maximum absolute atomic E-state index is 11.1. The van der Waals surface area contributed by atoms with Gasteiger partial charge in [-0.05, 0) is 18.0 Å². The lowest BCUT2D eigenvalue weighted by Crippen LogP contribution is -2.12. The number of carboxylic acid groups (broad SMARTS) is 1. The number of halogens is 1. The molecule has 1 rings (SSSR count). The molecule has 1 aromatic heterocycles. The lowest BCUT2D eigenvalue weighted by atomic mass is 10.0. The van der Waals surface area contributed by atoms with Gasteiger partial charge in [0, 0.05) is 10.3 Å². The van der Waals surface area contributed by atoms with Crippen molar-refractivity contribution in [1.82, 2.24) is 0 Å². The second kappa shape index (κ2) is 5.32. The lowest BCUT2D eigenvalue weighted by Gasteiger charge is -2.10. The summed E-state index contributed by atoms with van der Waals surface area (Å²) in [5.41, 5.74) is 6.11. The summed E-state index contributed by atoms with van der Waals surface area (Å²) < 4.78 is 0. The van der Waals surface area contributed by atoms with Crippen molar-refractivity contribution in [3.05, 3.63) is 15.8 Å². The standard InChI is InChI=1S/C10H12ClNO3S/c1-2-3-5(10(14)15)8-7(12)6(4-16-8)9(11)13/h4-5H,2-3,12H2,1H3,(H,14,15). The number of hydrogen-bond acceptors (Lipinski definition) is 4. The van der Waals surface area contributed by atoms with Crippen LogP contribution in [0.5, 0.6) is 0 Å². The minimum atomic E-state index is -0.927. The molecule has 1 unspecified atom stereocenters. The highest BCUT2D eigenvalue weighted by Crippen LogP contribution is 2.35. The number of rotatable bonds is 5. The maximum atomic E-state index is 11.1. The van der Waals surface area contributed by atoms with Gasteiger partial charge in [0.15, 0.2) is 0 Å². The number of anilines is 1. The van der Waals surface area contributed by atoms with Gasteiger partial charge >= 0.3 is 5.97 Å². The van der Waals surface area contributed by atoms with Crippen molar-refractivity contribution in [2.75, 3.05) is 5.73 Å². The van der Waals surface area contributed by atoms with Crippen molar-refractivity contribution in [2.24, 2.45) is 0 Å². The molecule has 3 N–H and O–H groups in total. The van der Waals surface area contributed by atoms with E-state index in [0.29, 0.717) is 11.3 Å². The van der Waals surface area contributed by atoms with Crippen LogP contribution >= 0.6 is 22.9 Å². The number of nitrogens with two attached hydrogens (primary N) is 1. The van der Waals surface area contributed by atoms with Crippen molar-refractivity contribution in [2.45, 2.75) is 25.7 Å². The molecule has 0 saturated carbocycles. The fraction of sp³-hybridized carbons (Fsp3) is 0.400. The molecule has 0 aliphatic rings. The first kappa shape index (κ1) is 13.0. The largest absolute Gasteiger partial charge is 0.481 e. The molecule has 6 heteroatoms. The first-order valence-corrected chi connectivity index (χ1v) is 6.04. The SMILES string of the molecule is CCCC(C(=O)O)c1scc(C(=O)Cl)c1N. The van der Waals surface area contributed by atoms with E-state index in [1.165, 1.54) is 16.7 Å². The van der Waals surface area contributed by atoms with Crippen molar-refractivity contribution in [3.63, 3.8) is 0 Å². The minimum Gasteiger partial charge on any atom is -0.481 e. The number of carbonyl (C=O) groups is 2. The van der Waals surface area contributed by atoms with Gasteiger partial charge in [-0.25, -0.2) is 0 Å². The molecule has 0 saturated heterocycles. The van der Waals surface area contributed by atoms with E-state index in [0.717, 1.165) is 6.42 Å². The fourth-order valence-corrected chi connectivity index (χ4v) is 2.78. The Balaban J connectivity index is 3.11. The number of carboxylic acids is 1. The van der Waals surface area contributed by atoms with Crippen LogP contribution in [0.4, 0.5) is 5.69 Å². The Kier molecular flexibility index (Phi) is 4.32. The summed E-state index contributed by atoms with van der Waals surface area (Å²) in [6.07, 6.45) is 1.23. The minimum absolute atomic E-state index is 0.198. The van der Waals surface area contributed by atoms with E-state index >= 15 is 0 Å². The van der Waals surface area contributed by atoms with E-state index in [4.69, 9.17) is 22.4 Å². The predicted octanol–water partition coefficient (Wildman–Crippen LogP) is 2.68. The van der Waals surface area contributed by atoms with Crippen LogP contribution in [0.3, 0.4) is 0 Å². The molecule has 0 amide bonds. The molecule has 16 heavy (non-hydrogen) atoms. The molecule has 0 radical (unpaired) electrons. The Morgan fingerprint density at radius 3 is 2.62 bits per heavy atom. The third kappa shape index (κ3) is 2.54. The highest BCUT2D eigenvalue weighted by molar-refractivity contribution is 7.11. The number of nitrogen functional groups attached to an aromatic ring is 1. The molecule has 0 aliphatic heterocycles. The zero-order chi connectivity index (χ0) is 12.3. The quantitative estimate of drug-likeness (QED) is 0.799. The van der Waals surface area contributed by atoms with Crippen LogP contribution in [0.25, 0.3) is 0 Å². The zero-order valence-electron chi connectivity index (χ0n) is 8.70. The Labute approximate surface area is 102 Å². The second-order valence-corrected chi connectivity index (χ2v) is 4.64. The van der Waals surface area contributed by atoms with Crippen LogP contribution in [-0.2, 0) is 4.79 Å². The smallest absolute Gasteiger partial charge is 0.311 e. The Morgan fingerprint density at radius 1 is 1.62 bits per heavy atom. The normalized spacial score (nSPS) is 12.4. The molecular weight excluding hydrogens is 250 g/mol. The summed E-state index contributed by atoms with van der Waals surface area (Å²) in [5.74, 6) is -1.58. The first-order valence-electron chi connectivity index (χ1n) is 4.78. The Morgan fingerprint density at radius 2 is 2.25 bits per heavy atom. The number of thiophene rings is 1. The van der Waals surface area contributed by atoms with Crippen LogP contribution < -0.4 is 5.73 Å².